The molecule has 4 rings (SSSR count). The van der Waals surface area contributed by atoms with Crippen molar-refractivity contribution in [2.75, 3.05) is 32.7 Å². The Morgan fingerprint density at radius 1 is 1.14 bits per heavy atom. The van der Waals surface area contributed by atoms with Gasteiger partial charge in [0.05, 0.1) is 37.4 Å². The van der Waals surface area contributed by atoms with Crippen molar-refractivity contribution >= 4 is 32.9 Å². The molecule has 4 atom stereocenters. The minimum Gasteiger partial charge on any atom is -0.493 e. The molecule has 9 nitrogen and oxygen atoms in total. The Hall–Kier alpha value is -2.92. The first-order valence-corrected chi connectivity index (χ1v) is 13.0. The summed E-state index contributed by atoms with van der Waals surface area (Å²) in [5.74, 6) is 2.04. The van der Waals surface area contributed by atoms with Crippen LogP contribution in [0.2, 0.25) is 0 Å². The number of nitrogens with one attached hydrogen (secondary N) is 1. The monoisotopic (exact) mass is 513 g/mol. The van der Waals surface area contributed by atoms with E-state index in [2.05, 4.69) is 16.4 Å². The number of aliphatic hydroxyl groups excluding tert-OH is 2. The van der Waals surface area contributed by atoms with Crippen LogP contribution in [0.3, 0.4) is 0 Å². The number of ether oxygens (including phenoxy) is 2. The van der Waals surface area contributed by atoms with Gasteiger partial charge in [0, 0.05) is 17.4 Å². The quantitative estimate of drug-likeness (QED) is 0.225. The van der Waals surface area contributed by atoms with Gasteiger partial charge in [-0.25, -0.2) is 9.50 Å². The Morgan fingerprint density at radius 3 is 2.58 bits per heavy atom. The van der Waals surface area contributed by atoms with E-state index < -0.39 is 6.10 Å². The first kappa shape index (κ1) is 26.2. The maximum absolute atomic E-state index is 11.0. The molecule has 10 heteroatoms. The molecule has 194 valence electrons. The SMILES string of the molecule is COc1cc2cc(-c3cnc4ccc(NC(CC(C)CO)C(O)C(C)CCN)nn34)sc2cc1OC. The van der Waals surface area contributed by atoms with Crippen LogP contribution in [0.5, 0.6) is 11.5 Å². The third-order valence-electron chi connectivity index (χ3n) is 6.56. The summed E-state index contributed by atoms with van der Waals surface area (Å²) in [7, 11) is 3.26. The molecule has 36 heavy (non-hydrogen) atoms. The van der Waals surface area contributed by atoms with Gasteiger partial charge in [-0.1, -0.05) is 13.8 Å². The molecule has 4 aromatic rings. The maximum atomic E-state index is 11.0. The van der Waals surface area contributed by atoms with E-state index in [1.807, 2.05) is 48.8 Å². The van der Waals surface area contributed by atoms with Crippen LogP contribution < -0.4 is 20.5 Å². The lowest BCUT2D eigenvalue weighted by atomic mass is 9.89. The van der Waals surface area contributed by atoms with Crippen LogP contribution in [0.15, 0.2) is 36.5 Å². The third-order valence-corrected chi connectivity index (χ3v) is 7.68. The van der Waals surface area contributed by atoms with E-state index in [4.69, 9.17) is 20.3 Å². The molecule has 3 aromatic heterocycles. The highest BCUT2D eigenvalue weighted by atomic mass is 32.1. The Kier molecular flexibility index (Phi) is 8.30. The number of hydrogen-bond donors (Lipinski definition) is 4. The van der Waals surface area contributed by atoms with E-state index in [0.29, 0.717) is 36.7 Å². The molecule has 0 bridgehead atoms. The molecule has 0 radical (unpaired) electrons. The van der Waals surface area contributed by atoms with Crippen molar-refractivity contribution in [2.24, 2.45) is 17.6 Å². The standard InChI is InChI=1S/C26H35N5O4S/c1-15(14-32)9-18(26(33)16(2)7-8-27)29-24-5-6-25-28-13-19(31(25)30-24)23-11-17-10-20(34-3)21(35-4)12-22(17)36-23/h5-6,10-13,15-16,18,26,32-33H,7-9,14,27H2,1-4H3,(H,29,30). The van der Waals surface area contributed by atoms with Gasteiger partial charge in [0.15, 0.2) is 17.1 Å². The maximum Gasteiger partial charge on any atom is 0.162 e. The van der Waals surface area contributed by atoms with Crippen molar-refractivity contribution in [3.8, 4) is 22.1 Å². The number of thiophene rings is 1. The van der Waals surface area contributed by atoms with Crippen molar-refractivity contribution in [3.63, 3.8) is 0 Å². The number of benzene rings is 1. The summed E-state index contributed by atoms with van der Waals surface area (Å²) >= 11 is 1.63. The van der Waals surface area contributed by atoms with Crippen LogP contribution in [-0.4, -0.2) is 64.3 Å². The lowest BCUT2D eigenvalue weighted by molar-refractivity contribution is 0.0805. The summed E-state index contributed by atoms with van der Waals surface area (Å²) in [6.45, 7) is 4.52. The first-order chi connectivity index (χ1) is 17.4. The Morgan fingerprint density at radius 2 is 1.89 bits per heavy atom. The van der Waals surface area contributed by atoms with Crippen molar-refractivity contribution in [1.29, 1.82) is 0 Å². The average Bonchev–Trinajstić information content (AvgIpc) is 3.49. The minimum absolute atomic E-state index is 0.0125. The number of rotatable bonds is 12. The summed E-state index contributed by atoms with van der Waals surface area (Å²) in [4.78, 5) is 5.55. The van der Waals surface area contributed by atoms with Gasteiger partial charge in [-0.15, -0.1) is 16.4 Å². The van der Waals surface area contributed by atoms with Crippen molar-refractivity contribution in [1.82, 2.24) is 14.6 Å². The molecule has 0 aliphatic rings. The van der Waals surface area contributed by atoms with Gasteiger partial charge in [0.2, 0.25) is 0 Å². The smallest absolute Gasteiger partial charge is 0.162 e. The van der Waals surface area contributed by atoms with Crippen LogP contribution in [0.25, 0.3) is 26.3 Å². The first-order valence-electron chi connectivity index (χ1n) is 12.1. The minimum atomic E-state index is -0.630. The second-order valence-corrected chi connectivity index (χ2v) is 10.4. The zero-order valence-electron chi connectivity index (χ0n) is 21.1. The number of fused-ring (bicyclic) bond motifs is 2. The van der Waals surface area contributed by atoms with E-state index in [0.717, 1.165) is 26.3 Å². The van der Waals surface area contributed by atoms with Gasteiger partial charge in [-0.2, -0.15) is 0 Å². The van der Waals surface area contributed by atoms with E-state index in [1.54, 1.807) is 25.6 Å². The number of nitrogens with two attached hydrogens (primary N) is 1. The number of nitrogens with zero attached hydrogens (tertiary/aromatic N) is 3. The molecule has 3 heterocycles. The molecule has 0 amide bonds. The van der Waals surface area contributed by atoms with Gasteiger partial charge in [-0.3, -0.25) is 0 Å². The van der Waals surface area contributed by atoms with Crippen LogP contribution in [0.4, 0.5) is 5.82 Å². The normalized spacial score (nSPS) is 15.1. The van der Waals surface area contributed by atoms with Crippen molar-refractivity contribution < 1.29 is 19.7 Å². The predicted octanol–water partition coefficient (Wildman–Crippen LogP) is 3.77. The number of anilines is 1. The topological polar surface area (TPSA) is 127 Å². The molecule has 0 fully saturated rings. The number of hydrogen-bond acceptors (Lipinski definition) is 9. The lowest BCUT2D eigenvalue weighted by Gasteiger charge is -2.30. The summed E-state index contributed by atoms with van der Waals surface area (Å²) in [6, 6.07) is 9.52. The van der Waals surface area contributed by atoms with E-state index in [-0.39, 0.29) is 24.5 Å². The second-order valence-electron chi connectivity index (χ2n) is 9.31. The van der Waals surface area contributed by atoms with Crippen LogP contribution in [-0.2, 0) is 0 Å². The number of imidazole rings is 1. The molecule has 0 saturated heterocycles. The fourth-order valence-electron chi connectivity index (χ4n) is 4.42. The zero-order valence-corrected chi connectivity index (χ0v) is 22.0. The molecular weight excluding hydrogens is 478 g/mol. The van der Waals surface area contributed by atoms with E-state index in [9.17, 15) is 10.2 Å². The summed E-state index contributed by atoms with van der Waals surface area (Å²) in [6.07, 6.45) is 2.50. The summed E-state index contributed by atoms with van der Waals surface area (Å²) < 4.78 is 13.8. The largest absolute Gasteiger partial charge is 0.493 e. The highest BCUT2D eigenvalue weighted by Gasteiger charge is 2.26. The van der Waals surface area contributed by atoms with Crippen LogP contribution >= 0.6 is 11.3 Å². The fraction of sp³-hybridized carbons (Fsp3) is 0.462. The highest BCUT2D eigenvalue weighted by Crippen LogP contribution is 2.39. The molecule has 5 N–H and O–H groups in total. The molecule has 4 unspecified atom stereocenters. The van der Waals surface area contributed by atoms with E-state index in [1.165, 1.54) is 0 Å². The number of aliphatic hydroxyl groups is 2. The molecule has 1 aromatic carbocycles. The molecule has 0 saturated carbocycles. The second kappa shape index (κ2) is 11.4. The number of methoxy groups -OCH3 is 2. The lowest BCUT2D eigenvalue weighted by Crippen LogP contribution is -2.40. The van der Waals surface area contributed by atoms with Gasteiger partial charge >= 0.3 is 0 Å². The summed E-state index contributed by atoms with van der Waals surface area (Å²) in [5.41, 5.74) is 7.31. The molecule has 0 aliphatic heterocycles. The highest BCUT2D eigenvalue weighted by molar-refractivity contribution is 7.22. The molecule has 0 aliphatic carbocycles. The van der Waals surface area contributed by atoms with Crippen LogP contribution in [0.1, 0.15) is 26.7 Å². The van der Waals surface area contributed by atoms with Gasteiger partial charge < -0.3 is 30.7 Å². The number of aromatic nitrogens is 3. The van der Waals surface area contributed by atoms with Gasteiger partial charge in [-0.05, 0) is 60.9 Å². The van der Waals surface area contributed by atoms with Crippen molar-refractivity contribution in [2.45, 2.75) is 38.8 Å². The fourth-order valence-corrected chi connectivity index (χ4v) is 5.49. The molecular formula is C26H35N5O4S. The molecule has 0 spiro atoms. The zero-order chi connectivity index (χ0) is 25.8. The summed E-state index contributed by atoms with van der Waals surface area (Å²) in [5, 5.41) is 29.9. The van der Waals surface area contributed by atoms with Crippen LogP contribution in [0, 0.1) is 11.8 Å². The van der Waals surface area contributed by atoms with E-state index >= 15 is 0 Å². The van der Waals surface area contributed by atoms with Crippen molar-refractivity contribution in [3.05, 3.63) is 36.5 Å². The van der Waals surface area contributed by atoms with Gasteiger partial charge in [0.25, 0.3) is 0 Å². The predicted molar refractivity (Wildman–Crippen MR) is 144 cm³/mol. The average molecular weight is 514 g/mol. The van der Waals surface area contributed by atoms with Gasteiger partial charge in [0.1, 0.15) is 11.5 Å². The Bertz CT molecular complexity index is 1270. The Balaban J connectivity index is 1.67. The Labute approximate surface area is 214 Å². The third kappa shape index (κ3) is 5.41.